The predicted molar refractivity (Wildman–Crippen MR) is 83.8 cm³/mol. The average molecular weight is 285 g/mol. The molecule has 2 nitrogen and oxygen atoms in total. The number of pyridine rings is 1. The first kappa shape index (κ1) is 15.5. The maximum atomic E-state index is 14.2. The van der Waals surface area contributed by atoms with Gasteiger partial charge in [-0.05, 0) is 49.9 Å². The van der Waals surface area contributed by atoms with E-state index in [0.717, 1.165) is 36.1 Å². The van der Waals surface area contributed by atoms with Gasteiger partial charge in [0.1, 0.15) is 12.4 Å². The van der Waals surface area contributed by atoms with Gasteiger partial charge in [0.2, 0.25) is 0 Å². The third-order valence-corrected chi connectivity index (χ3v) is 3.75. The van der Waals surface area contributed by atoms with E-state index in [1.165, 1.54) is 6.07 Å². The molecule has 0 atom stereocenters. The molecule has 0 saturated carbocycles. The second-order valence-corrected chi connectivity index (χ2v) is 5.18. The molecule has 0 radical (unpaired) electrons. The minimum Gasteiger partial charge on any atom is -0.384 e. The van der Waals surface area contributed by atoms with Crippen LogP contribution in [0.2, 0.25) is 0 Å². The lowest BCUT2D eigenvalue weighted by molar-refractivity contribution is 0.350. The number of halogens is 1. The third-order valence-electron chi connectivity index (χ3n) is 3.75. The summed E-state index contributed by atoms with van der Waals surface area (Å²) in [5, 5.41) is 9.39. The Morgan fingerprint density at radius 3 is 2.71 bits per heavy atom. The molecule has 0 saturated heterocycles. The highest BCUT2D eigenvalue weighted by Gasteiger charge is 2.14. The normalized spacial score (nSPS) is 10.5. The van der Waals surface area contributed by atoms with Gasteiger partial charge in [0.15, 0.2) is 0 Å². The number of aliphatic hydroxyl groups is 1. The first-order valence-corrected chi connectivity index (χ1v) is 7.28. The second-order valence-electron chi connectivity index (χ2n) is 5.18. The predicted octanol–water partition coefficient (Wildman–Crippen LogP) is 3.68. The summed E-state index contributed by atoms with van der Waals surface area (Å²) in [5.74, 6) is 5.20. The minimum atomic E-state index is -0.262. The van der Waals surface area contributed by atoms with E-state index in [0.29, 0.717) is 16.5 Å². The average Bonchev–Trinajstić information content (AvgIpc) is 2.46. The summed E-state index contributed by atoms with van der Waals surface area (Å²) in [6.45, 7) is 5.84. The number of fused-ring (bicyclic) bond motifs is 1. The Morgan fingerprint density at radius 1 is 1.29 bits per heavy atom. The SMILES string of the molecule is CCCCc1c(C)nc2c(C#CCO)ccc(F)c2c1C. The summed E-state index contributed by atoms with van der Waals surface area (Å²) >= 11 is 0. The summed E-state index contributed by atoms with van der Waals surface area (Å²) in [7, 11) is 0. The van der Waals surface area contributed by atoms with Crippen molar-refractivity contribution in [2.75, 3.05) is 6.61 Å². The zero-order chi connectivity index (χ0) is 15.4. The van der Waals surface area contributed by atoms with E-state index >= 15 is 0 Å². The monoisotopic (exact) mass is 285 g/mol. The maximum absolute atomic E-state index is 14.2. The van der Waals surface area contributed by atoms with Crippen LogP contribution in [0.5, 0.6) is 0 Å². The standard InChI is InChI=1S/C18H20FNO/c1-4-5-8-15-12(2)17-16(19)10-9-14(7-6-11-21)18(17)20-13(15)3/h9-10,21H,4-5,8,11H2,1-3H3. The van der Waals surface area contributed by atoms with Crippen LogP contribution in [0.15, 0.2) is 12.1 Å². The Morgan fingerprint density at radius 2 is 2.05 bits per heavy atom. The molecule has 0 bridgehead atoms. The Hall–Kier alpha value is -1.92. The van der Waals surface area contributed by atoms with Crippen molar-refractivity contribution in [2.24, 2.45) is 0 Å². The van der Waals surface area contributed by atoms with Crippen molar-refractivity contribution in [3.05, 3.63) is 40.3 Å². The molecule has 2 rings (SSSR count). The van der Waals surface area contributed by atoms with Crippen LogP contribution in [0, 0.1) is 31.5 Å². The summed E-state index contributed by atoms with van der Waals surface area (Å²) in [6, 6.07) is 3.05. The van der Waals surface area contributed by atoms with Crippen molar-refractivity contribution in [3.8, 4) is 11.8 Å². The molecule has 110 valence electrons. The molecule has 0 fully saturated rings. The van der Waals surface area contributed by atoms with Crippen molar-refractivity contribution in [1.29, 1.82) is 0 Å². The molecule has 0 aliphatic rings. The van der Waals surface area contributed by atoms with Crippen LogP contribution >= 0.6 is 0 Å². The summed E-state index contributed by atoms with van der Waals surface area (Å²) in [6.07, 6.45) is 3.09. The molecule has 0 amide bonds. The van der Waals surface area contributed by atoms with E-state index in [1.54, 1.807) is 6.07 Å². The van der Waals surface area contributed by atoms with E-state index in [-0.39, 0.29) is 12.4 Å². The zero-order valence-electron chi connectivity index (χ0n) is 12.8. The molecule has 2 aromatic rings. The van der Waals surface area contributed by atoms with Gasteiger partial charge >= 0.3 is 0 Å². The van der Waals surface area contributed by atoms with Gasteiger partial charge in [0, 0.05) is 11.1 Å². The van der Waals surface area contributed by atoms with Gasteiger partial charge in [-0.1, -0.05) is 25.2 Å². The topological polar surface area (TPSA) is 33.1 Å². The number of hydrogen-bond acceptors (Lipinski definition) is 2. The van der Waals surface area contributed by atoms with Crippen molar-refractivity contribution >= 4 is 10.9 Å². The molecule has 1 heterocycles. The largest absolute Gasteiger partial charge is 0.384 e. The molecule has 0 aliphatic heterocycles. The van der Waals surface area contributed by atoms with Gasteiger partial charge in [-0.25, -0.2) is 4.39 Å². The highest BCUT2D eigenvalue weighted by atomic mass is 19.1. The van der Waals surface area contributed by atoms with Crippen molar-refractivity contribution in [1.82, 2.24) is 4.98 Å². The van der Waals surface area contributed by atoms with Crippen LogP contribution < -0.4 is 0 Å². The number of aryl methyl sites for hydroxylation is 2. The maximum Gasteiger partial charge on any atom is 0.132 e. The molecular weight excluding hydrogens is 265 g/mol. The number of unbranched alkanes of at least 4 members (excludes halogenated alkanes) is 1. The zero-order valence-corrected chi connectivity index (χ0v) is 12.8. The number of nitrogens with zero attached hydrogens (tertiary/aromatic N) is 1. The molecule has 0 unspecified atom stereocenters. The third kappa shape index (κ3) is 3.06. The molecule has 1 aromatic carbocycles. The smallest absolute Gasteiger partial charge is 0.132 e. The van der Waals surface area contributed by atoms with E-state index in [4.69, 9.17) is 5.11 Å². The first-order valence-electron chi connectivity index (χ1n) is 7.28. The highest BCUT2D eigenvalue weighted by molar-refractivity contribution is 5.89. The van der Waals surface area contributed by atoms with Crippen LogP contribution in [0.3, 0.4) is 0 Å². The second kappa shape index (κ2) is 6.69. The Balaban J connectivity index is 2.72. The van der Waals surface area contributed by atoms with Crippen LogP contribution in [0.25, 0.3) is 10.9 Å². The van der Waals surface area contributed by atoms with Crippen LogP contribution in [-0.2, 0) is 6.42 Å². The molecule has 3 heteroatoms. The van der Waals surface area contributed by atoms with Gasteiger partial charge in [0.05, 0.1) is 11.1 Å². The molecule has 1 N–H and O–H groups in total. The lowest BCUT2D eigenvalue weighted by atomic mass is 9.96. The van der Waals surface area contributed by atoms with E-state index in [2.05, 4.69) is 23.7 Å². The fraction of sp³-hybridized carbons (Fsp3) is 0.389. The van der Waals surface area contributed by atoms with Crippen molar-refractivity contribution in [2.45, 2.75) is 40.0 Å². The number of aliphatic hydroxyl groups excluding tert-OH is 1. The lowest BCUT2D eigenvalue weighted by Gasteiger charge is -2.13. The number of hydrogen-bond donors (Lipinski definition) is 1. The Bertz CT molecular complexity index is 726. The van der Waals surface area contributed by atoms with Crippen LogP contribution in [0.1, 0.15) is 42.1 Å². The van der Waals surface area contributed by atoms with Crippen LogP contribution in [0.4, 0.5) is 4.39 Å². The molecule has 0 spiro atoms. The van der Waals surface area contributed by atoms with Crippen molar-refractivity contribution in [3.63, 3.8) is 0 Å². The van der Waals surface area contributed by atoms with Gasteiger partial charge in [-0.3, -0.25) is 4.98 Å². The summed E-state index contributed by atoms with van der Waals surface area (Å²) in [4.78, 5) is 4.58. The van der Waals surface area contributed by atoms with Gasteiger partial charge in [-0.2, -0.15) is 0 Å². The molecular formula is C18H20FNO. The lowest BCUT2D eigenvalue weighted by Crippen LogP contribution is -2.02. The van der Waals surface area contributed by atoms with Gasteiger partial charge < -0.3 is 5.11 Å². The minimum absolute atomic E-state index is 0.217. The summed E-state index contributed by atoms with van der Waals surface area (Å²) < 4.78 is 14.2. The number of rotatable bonds is 3. The number of benzene rings is 1. The van der Waals surface area contributed by atoms with E-state index < -0.39 is 0 Å². The van der Waals surface area contributed by atoms with Gasteiger partial charge in [0.25, 0.3) is 0 Å². The first-order chi connectivity index (χ1) is 10.1. The number of aromatic nitrogens is 1. The van der Waals surface area contributed by atoms with E-state index in [9.17, 15) is 4.39 Å². The Kier molecular flexibility index (Phi) is 4.93. The fourth-order valence-electron chi connectivity index (χ4n) is 2.65. The van der Waals surface area contributed by atoms with Crippen molar-refractivity contribution < 1.29 is 9.50 Å². The molecule has 1 aromatic heterocycles. The molecule has 0 aliphatic carbocycles. The summed E-state index contributed by atoms with van der Waals surface area (Å²) in [5.41, 5.74) is 4.28. The Labute approximate surface area is 125 Å². The van der Waals surface area contributed by atoms with E-state index in [1.807, 2.05) is 13.8 Å². The highest BCUT2D eigenvalue weighted by Crippen LogP contribution is 2.28. The molecule has 21 heavy (non-hydrogen) atoms. The van der Waals surface area contributed by atoms with Gasteiger partial charge in [-0.15, -0.1) is 0 Å². The fourth-order valence-corrected chi connectivity index (χ4v) is 2.65. The quantitative estimate of drug-likeness (QED) is 0.873. The van der Waals surface area contributed by atoms with Crippen LogP contribution in [-0.4, -0.2) is 16.7 Å².